The van der Waals surface area contributed by atoms with Crippen molar-refractivity contribution >= 4 is 35.2 Å². The lowest BCUT2D eigenvalue weighted by Crippen LogP contribution is -2.45. The molecule has 0 spiro atoms. The lowest BCUT2D eigenvalue weighted by Gasteiger charge is -2.21. The summed E-state index contributed by atoms with van der Waals surface area (Å²) in [5.74, 6) is -0.629. The zero-order valence-electron chi connectivity index (χ0n) is 27.7. The molecule has 1 aliphatic rings. The van der Waals surface area contributed by atoms with Crippen LogP contribution in [0, 0.1) is 22.7 Å². The summed E-state index contributed by atoms with van der Waals surface area (Å²) in [5.41, 5.74) is 1.13. The van der Waals surface area contributed by atoms with Crippen molar-refractivity contribution in [1.29, 1.82) is 10.5 Å². The summed E-state index contributed by atoms with van der Waals surface area (Å²) in [5, 5.41) is 26.8. The summed E-state index contributed by atoms with van der Waals surface area (Å²) in [4.78, 5) is 39.3. The number of benzene rings is 1. The smallest absolute Gasteiger partial charge is 0.265 e. The van der Waals surface area contributed by atoms with E-state index in [4.69, 9.17) is 5.26 Å². The van der Waals surface area contributed by atoms with Crippen LogP contribution in [-0.2, 0) is 20.8 Å². The van der Waals surface area contributed by atoms with Gasteiger partial charge in [-0.1, -0.05) is 65.1 Å². The lowest BCUT2D eigenvalue weighted by atomic mass is 10.0. The standard InChI is InChI=1S/C18H29N3O.C13H16N4O2S.C2H6/c1-4-19-17-12-10-16(11-13-17)8-7-9-18(22)20-14-15-21(5-2)6-3;1-5-13(3,7-15)16-10(18)9(6-14)12-17(4)11(19)8(2)20-12;1-2/h4,10-13,19H,1,5-9,14-15H2,2-3H3,(H,20,22);8H,5H2,1-4H3,(H,16,18);1-2H3/b;12-9-;. The first-order valence-corrected chi connectivity index (χ1v) is 16.1. The second-order valence-corrected chi connectivity index (χ2v) is 11.3. The summed E-state index contributed by atoms with van der Waals surface area (Å²) < 4.78 is 0. The highest BCUT2D eigenvalue weighted by Crippen LogP contribution is 2.35. The van der Waals surface area contributed by atoms with Gasteiger partial charge in [0.15, 0.2) is 0 Å². The minimum Gasteiger partial charge on any atom is -0.362 e. The number of hydrogen-bond donors (Lipinski definition) is 3. The van der Waals surface area contributed by atoms with Crippen molar-refractivity contribution in [3.63, 3.8) is 0 Å². The van der Waals surface area contributed by atoms with Gasteiger partial charge in [-0.25, -0.2) is 0 Å². The third kappa shape index (κ3) is 13.7. The van der Waals surface area contributed by atoms with Crippen LogP contribution < -0.4 is 16.0 Å². The van der Waals surface area contributed by atoms with E-state index in [0.29, 0.717) is 17.9 Å². The highest BCUT2D eigenvalue weighted by molar-refractivity contribution is 8.04. The molecule has 0 saturated carbocycles. The molecule has 1 aromatic carbocycles. The van der Waals surface area contributed by atoms with Gasteiger partial charge < -0.3 is 25.8 Å². The Bertz CT molecular complexity index is 1180. The van der Waals surface area contributed by atoms with Gasteiger partial charge in [-0.2, -0.15) is 10.5 Å². The van der Waals surface area contributed by atoms with Crippen LogP contribution in [0.3, 0.4) is 0 Å². The SMILES string of the molecule is C=CNc1ccc(CCCC(=O)NCCN(CC)CC)cc1.CC.CCC(C)(C#N)NC(=O)/C(C#N)=C1\SC(C)C(=O)N1C. The summed E-state index contributed by atoms with van der Waals surface area (Å²) in [6, 6.07) is 12.1. The Morgan fingerprint density at radius 1 is 1.16 bits per heavy atom. The van der Waals surface area contributed by atoms with E-state index < -0.39 is 11.4 Å². The summed E-state index contributed by atoms with van der Waals surface area (Å²) in [7, 11) is 1.53. The van der Waals surface area contributed by atoms with Crippen molar-refractivity contribution in [2.45, 2.75) is 84.9 Å². The molecule has 44 heavy (non-hydrogen) atoms. The Balaban J connectivity index is 0.000000799. The Morgan fingerprint density at radius 2 is 1.77 bits per heavy atom. The Kier molecular flexibility index (Phi) is 19.9. The quantitative estimate of drug-likeness (QED) is 0.190. The van der Waals surface area contributed by atoms with Crippen LogP contribution in [0.2, 0.25) is 0 Å². The van der Waals surface area contributed by atoms with Crippen LogP contribution in [0.1, 0.15) is 73.3 Å². The number of anilines is 1. The van der Waals surface area contributed by atoms with Crippen molar-refractivity contribution in [2.75, 3.05) is 38.5 Å². The maximum atomic E-state index is 12.2. The average Bonchev–Trinajstić information content (AvgIpc) is 3.28. The van der Waals surface area contributed by atoms with E-state index in [1.54, 1.807) is 27.0 Å². The van der Waals surface area contributed by atoms with E-state index in [-0.39, 0.29) is 22.6 Å². The maximum absolute atomic E-state index is 12.2. The number of carbonyl (C=O) groups excluding carboxylic acids is 3. The molecule has 3 amide bonds. The lowest BCUT2D eigenvalue weighted by molar-refractivity contribution is -0.126. The Morgan fingerprint density at radius 3 is 2.23 bits per heavy atom. The third-order valence-electron chi connectivity index (χ3n) is 6.90. The fraction of sp³-hybridized carbons (Fsp3) is 0.545. The van der Waals surface area contributed by atoms with E-state index in [0.717, 1.165) is 44.7 Å². The highest BCUT2D eigenvalue weighted by Gasteiger charge is 2.36. The summed E-state index contributed by atoms with van der Waals surface area (Å²) in [6.45, 7) is 20.7. The second-order valence-electron chi connectivity index (χ2n) is 9.98. The monoisotopic (exact) mass is 625 g/mol. The predicted octanol–water partition coefficient (Wildman–Crippen LogP) is 5.17. The molecule has 0 radical (unpaired) electrons. The van der Waals surface area contributed by atoms with Crippen molar-refractivity contribution in [3.8, 4) is 12.1 Å². The summed E-state index contributed by atoms with van der Waals surface area (Å²) in [6.07, 6.45) is 4.48. The molecule has 2 atom stereocenters. The second kappa shape index (κ2) is 21.8. The van der Waals surface area contributed by atoms with Crippen LogP contribution in [0.25, 0.3) is 0 Å². The number of hydrogen-bond acceptors (Lipinski definition) is 8. The zero-order chi connectivity index (χ0) is 33.7. The van der Waals surface area contributed by atoms with Crippen LogP contribution in [0.15, 0.2) is 47.6 Å². The van der Waals surface area contributed by atoms with Crippen molar-refractivity contribution < 1.29 is 14.4 Å². The molecule has 2 unspecified atom stereocenters. The van der Waals surface area contributed by atoms with Gasteiger partial charge in [-0.15, -0.1) is 0 Å². The number of rotatable bonds is 14. The first-order valence-electron chi connectivity index (χ1n) is 15.3. The topological polar surface area (TPSA) is 141 Å². The zero-order valence-corrected chi connectivity index (χ0v) is 28.6. The molecule has 0 bridgehead atoms. The van der Waals surface area contributed by atoms with Gasteiger partial charge in [0, 0.05) is 32.2 Å². The number of carbonyl (C=O) groups is 3. The van der Waals surface area contributed by atoms with Crippen molar-refractivity contribution in [1.82, 2.24) is 20.4 Å². The normalized spacial score (nSPS) is 16.1. The van der Waals surface area contributed by atoms with Gasteiger partial charge in [-0.05, 0) is 70.1 Å². The van der Waals surface area contributed by atoms with E-state index in [1.807, 2.05) is 38.1 Å². The number of nitrogens with one attached hydrogen (secondary N) is 3. The van der Waals surface area contributed by atoms with Crippen LogP contribution in [0.5, 0.6) is 0 Å². The maximum Gasteiger partial charge on any atom is 0.265 e. The van der Waals surface area contributed by atoms with Gasteiger partial charge >= 0.3 is 0 Å². The fourth-order valence-electron chi connectivity index (χ4n) is 3.92. The first-order chi connectivity index (χ1) is 21.0. The molecule has 2 rings (SSSR count). The molecular formula is C33H51N7O3S. The van der Waals surface area contributed by atoms with Crippen LogP contribution in [-0.4, -0.2) is 71.5 Å². The van der Waals surface area contributed by atoms with Crippen molar-refractivity contribution in [2.24, 2.45) is 0 Å². The first kappa shape index (κ1) is 40.2. The molecule has 1 heterocycles. The van der Waals surface area contributed by atoms with Crippen LogP contribution >= 0.6 is 11.8 Å². The molecule has 1 aliphatic heterocycles. The molecule has 11 heteroatoms. The molecule has 1 fully saturated rings. The molecule has 3 N–H and O–H groups in total. The molecular weight excluding hydrogens is 574 g/mol. The Labute approximate surface area is 268 Å². The highest BCUT2D eigenvalue weighted by atomic mass is 32.2. The Hall–Kier alpha value is -3.80. The van der Waals surface area contributed by atoms with Gasteiger partial charge in [0.25, 0.3) is 5.91 Å². The molecule has 1 aromatic rings. The molecule has 242 valence electrons. The number of nitrogens with zero attached hydrogens (tertiary/aromatic N) is 4. The molecule has 10 nitrogen and oxygen atoms in total. The van der Waals surface area contributed by atoms with Crippen molar-refractivity contribution in [3.05, 3.63) is 53.2 Å². The third-order valence-corrected chi connectivity index (χ3v) is 8.16. The number of amides is 3. The minimum atomic E-state index is -1.03. The number of likely N-dealkylation sites (N-methyl/N-ethyl adjacent to an activating group) is 1. The van der Waals surface area contributed by atoms with Gasteiger partial charge in [0.2, 0.25) is 11.8 Å². The van der Waals surface area contributed by atoms with Crippen LogP contribution in [0.4, 0.5) is 5.69 Å². The largest absolute Gasteiger partial charge is 0.362 e. The molecule has 1 saturated heterocycles. The van der Waals surface area contributed by atoms with Gasteiger partial charge in [0.1, 0.15) is 22.2 Å². The number of aryl methyl sites for hydroxylation is 1. The minimum absolute atomic E-state index is 0.134. The van der Waals surface area contributed by atoms with E-state index in [1.165, 1.54) is 29.3 Å². The van der Waals surface area contributed by atoms with E-state index in [2.05, 4.69) is 53.4 Å². The molecule has 0 aliphatic carbocycles. The number of thioether (sulfide) groups is 1. The molecule has 0 aromatic heterocycles. The fourth-order valence-corrected chi connectivity index (χ4v) is 5.02. The van der Waals surface area contributed by atoms with E-state index >= 15 is 0 Å². The number of nitriles is 2. The van der Waals surface area contributed by atoms with Gasteiger partial charge in [0.05, 0.1) is 11.3 Å². The van der Waals surface area contributed by atoms with E-state index in [9.17, 15) is 19.6 Å². The predicted molar refractivity (Wildman–Crippen MR) is 180 cm³/mol. The average molecular weight is 626 g/mol. The van der Waals surface area contributed by atoms with Gasteiger partial charge in [-0.3, -0.25) is 14.4 Å². The summed E-state index contributed by atoms with van der Waals surface area (Å²) >= 11 is 1.17.